The van der Waals surface area contributed by atoms with E-state index < -0.39 is 10.0 Å². The van der Waals surface area contributed by atoms with Crippen LogP contribution >= 0.6 is 11.6 Å². The third-order valence-electron chi connectivity index (χ3n) is 1.57. The molecular formula is C9H9ClN2O2S. The SMILES string of the molecule is C#CCCNS(=O)(=O)c1ccc(Cl)nc1. The molecule has 0 aliphatic rings. The molecule has 0 fully saturated rings. The van der Waals surface area contributed by atoms with Crippen molar-refractivity contribution in [2.45, 2.75) is 11.3 Å². The van der Waals surface area contributed by atoms with Crippen LogP contribution in [-0.2, 0) is 10.0 Å². The maximum Gasteiger partial charge on any atom is 0.242 e. The smallest absolute Gasteiger partial charge is 0.242 e. The molecule has 0 saturated carbocycles. The number of terminal acetylenes is 1. The summed E-state index contributed by atoms with van der Waals surface area (Å²) >= 11 is 5.54. The Kier molecular flexibility index (Phi) is 4.09. The minimum absolute atomic E-state index is 0.0731. The zero-order valence-corrected chi connectivity index (χ0v) is 9.35. The molecule has 0 aliphatic carbocycles. The van der Waals surface area contributed by atoms with Crippen molar-refractivity contribution in [2.24, 2.45) is 0 Å². The summed E-state index contributed by atoms with van der Waals surface area (Å²) in [6.07, 6.45) is 6.54. The molecule has 0 saturated heterocycles. The molecule has 0 spiro atoms. The summed E-state index contributed by atoms with van der Waals surface area (Å²) in [5, 5.41) is 0.248. The van der Waals surface area contributed by atoms with Crippen molar-refractivity contribution in [3.8, 4) is 12.3 Å². The number of pyridine rings is 1. The minimum Gasteiger partial charge on any atom is -0.243 e. The van der Waals surface area contributed by atoms with Crippen LogP contribution in [0.2, 0.25) is 5.15 Å². The van der Waals surface area contributed by atoms with E-state index in [0.717, 1.165) is 0 Å². The van der Waals surface area contributed by atoms with Crippen molar-refractivity contribution in [3.05, 3.63) is 23.5 Å². The second-order valence-corrected chi connectivity index (χ2v) is 4.82. The summed E-state index contributed by atoms with van der Waals surface area (Å²) in [6, 6.07) is 2.80. The Hall–Kier alpha value is -1.09. The van der Waals surface area contributed by atoms with Crippen LogP contribution in [0.15, 0.2) is 23.2 Å². The molecule has 1 N–H and O–H groups in total. The van der Waals surface area contributed by atoms with Crippen LogP contribution in [-0.4, -0.2) is 19.9 Å². The van der Waals surface area contributed by atoms with E-state index in [1.54, 1.807) is 0 Å². The van der Waals surface area contributed by atoms with Gasteiger partial charge in [-0.25, -0.2) is 18.1 Å². The van der Waals surface area contributed by atoms with E-state index in [2.05, 4.69) is 15.6 Å². The molecule has 6 heteroatoms. The number of sulfonamides is 1. The molecule has 1 aromatic rings. The second-order valence-electron chi connectivity index (χ2n) is 2.67. The normalized spacial score (nSPS) is 10.9. The van der Waals surface area contributed by atoms with Crippen molar-refractivity contribution in [2.75, 3.05) is 6.54 Å². The fourth-order valence-corrected chi connectivity index (χ4v) is 1.95. The highest BCUT2D eigenvalue weighted by atomic mass is 35.5. The number of nitrogens with one attached hydrogen (secondary N) is 1. The number of halogens is 1. The minimum atomic E-state index is -3.52. The molecule has 1 aromatic heterocycles. The van der Waals surface area contributed by atoms with E-state index in [9.17, 15) is 8.42 Å². The molecule has 80 valence electrons. The van der Waals surface area contributed by atoms with E-state index in [4.69, 9.17) is 18.0 Å². The van der Waals surface area contributed by atoms with E-state index in [-0.39, 0.29) is 16.6 Å². The third kappa shape index (κ3) is 3.51. The van der Waals surface area contributed by atoms with Crippen molar-refractivity contribution in [1.82, 2.24) is 9.71 Å². The van der Waals surface area contributed by atoms with Crippen molar-refractivity contribution >= 4 is 21.6 Å². The first-order valence-corrected chi connectivity index (χ1v) is 5.97. The largest absolute Gasteiger partial charge is 0.243 e. The Bertz CT molecular complexity index is 462. The summed E-state index contributed by atoms with van der Waals surface area (Å²) < 4.78 is 25.5. The zero-order valence-electron chi connectivity index (χ0n) is 7.77. The van der Waals surface area contributed by atoms with Crippen LogP contribution in [0.3, 0.4) is 0 Å². The summed E-state index contributed by atoms with van der Waals surface area (Å²) in [7, 11) is -3.52. The molecule has 0 radical (unpaired) electrons. The standard InChI is InChI=1S/C9H9ClN2O2S/c1-2-3-6-12-15(13,14)8-4-5-9(10)11-7-8/h1,4-5,7,12H,3,6H2. The Morgan fingerprint density at radius 2 is 2.27 bits per heavy atom. The second kappa shape index (κ2) is 5.12. The van der Waals surface area contributed by atoms with Gasteiger partial charge in [0.05, 0.1) is 0 Å². The average molecular weight is 245 g/mol. The molecule has 0 atom stereocenters. The van der Waals surface area contributed by atoms with Gasteiger partial charge in [0, 0.05) is 19.2 Å². The lowest BCUT2D eigenvalue weighted by molar-refractivity contribution is 0.582. The number of nitrogens with zero attached hydrogens (tertiary/aromatic N) is 1. The molecule has 0 bridgehead atoms. The molecule has 0 unspecified atom stereocenters. The topological polar surface area (TPSA) is 59.1 Å². The quantitative estimate of drug-likeness (QED) is 0.489. The zero-order chi connectivity index (χ0) is 11.3. The summed E-state index contributed by atoms with van der Waals surface area (Å²) in [5.41, 5.74) is 0. The van der Waals surface area contributed by atoms with E-state index in [0.29, 0.717) is 6.42 Å². The Morgan fingerprint density at radius 3 is 2.80 bits per heavy atom. The number of hydrogen-bond acceptors (Lipinski definition) is 3. The Labute approximate surface area is 93.7 Å². The first-order valence-electron chi connectivity index (χ1n) is 4.11. The predicted octanol–water partition coefficient (Wildman–Crippen LogP) is 1.04. The van der Waals surface area contributed by atoms with Crippen LogP contribution in [0.1, 0.15) is 6.42 Å². The molecule has 0 aromatic carbocycles. The van der Waals surface area contributed by atoms with Crippen LogP contribution in [0, 0.1) is 12.3 Å². The molecule has 0 aliphatic heterocycles. The number of aromatic nitrogens is 1. The van der Waals surface area contributed by atoms with Gasteiger partial charge in [0.25, 0.3) is 0 Å². The predicted molar refractivity (Wildman–Crippen MR) is 57.9 cm³/mol. The molecular weight excluding hydrogens is 236 g/mol. The van der Waals surface area contributed by atoms with Crippen molar-refractivity contribution in [3.63, 3.8) is 0 Å². The molecule has 4 nitrogen and oxygen atoms in total. The number of rotatable bonds is 4. The van der Waals surface area contributed by atoms with Gasteiger partial charge in [0.1, 0.15) is 10.0 Å². The summed E-state index contributed by atoms with van der Waals surface area (Å²) in [6.45, 7) is 0.210. The maximum atomic E-state index is 11.6. The van der Waals surface area contributed by atoms with Gasteiger partial charge in [0.2, 0.25) is 10.0 Å². The fourth-order valence-electron chi connectivity index (χ4n) is 0.862. The molecule has 1 heterocycles. The van der Waals surface area contributed by atoms with Gasteiger partial charge in [0.15, 0.2) is 0 Å². The Balaban J connectivity index is 2.79. The fraction of sp³-hybridized carbons (Fsp3) is 0.222. The van der Waals surface area contributed by atoms with Gasteiger partial charge in [-0.15, -0.1) is 12.3 Å². The van der Waals surface area contributed by atoms with Crippen LogP contribution < -0.4 is 4.72 Å². The molecule has 0 amide bonds. The van der Waals surface area contributed by atoms with Gasteiger partial charge < -0.3 is 0 Å². The highest BCUT2D eigenvalue weighted by Gasteiger charge is 2.12. The van der Waals surface area contributed by atoms with Crippen LogP contribution in [0.25, 0.3) is 0 Å². The van der Waals surface area contributed by atoms with E-state index in [1.165, 1.54) is 18.3 Å². The maximum absolute atomic E-state index is 11.6. The van der Waals surface area contributed by atoms with Crippen molar-refractivity contribution in [1.29, 1.82) is 0 Å². The molecule has 1 rings (SSSR count). The number of hydrogen-bond donors (Lipinski definition) is 1. The van der Waals surface area contributed by atoms with E-state index >= 15 is 0 Å². The van der Waals surface area contributed by atoms with Gasteiger partial charge in [-0.3, -0.25) is 0 Å². The summed E-state index contributed by atoms with van der Waals surface area (Å²) in [4.78, 5) is 3.75. The van der Waals surface area contributed by atoms with Crippen molar-refractivity contribution < 1.29 is 8.42 Å². The summed E-state index contributed by atoms with van der Waals surface area (Å²) in [5.74, 6) is 2.34. The molecule has 15 heavy (non-hydrogen) atoms. The highest BCUT2D eigenvalue weighted by Crippen LogP contribution is 2.10. The Morgan fingerprint density at radius 1 is 1.53 bits per heavy atom. The lowest BCUT2D eigenvalue weighted by Crippen LogP contribution is -2.24. The van der Waals surface area contributed by atoms with Crippen LogP contribution in [0.5, 0.6) is 0 Å². The van der Waals surface area contributed by atoms with E-state index in [1.807, 2.05) is 0 Å². The first kappa shape index (κ1) is 12.0. The van der Waals surface area contributed by atoms with Gasteiger partial charge in [-0.2, -0.15) is 0 Å². The average Bonchev–Trinajstić information content (AvgIpc) is 2.18. The monoisotopic (exact) mass is 244 g/mol. The van der Waals surface area contributed by atoms with Gasteiger partial charge in [-0.1, -0.05) is 11.6 Å². The lowest BCUT2D eigenvalue weighted by atomic mass is 10.5. The van der Waals surface area contributed by atoms with Gasteiger partial charge >= 0.3 is 0 Å². The third-order valence-corrected chi connectivity index (χ3v) is 3.24. The first-order chi connectivity index (χ1) is 7.06. The lowest BCUT2D eigenvalue weighted by Gasteiger charge is -2.04. The van der Waals surface area contributed by atoms with Crippen LogP contribution in [0.4, 0.5) is 0 Å². The highest BCUT2D eigenvalue weighted by molar-refractivity contribution is 7.89. The van der Waals surface area contributed by atoms with Gasteiger partial charge in [-0.05, 0) is 12.1 Å².